The number of hydrogen-bond acceptors (Lipinski definition) is 2. The normalized spacial score (nSPS) is 13.5. The number of hydrogen-bond donors (Lipinski definition) is 2. The minimum Gasteiger partial charge on any atom is -0.321 e. The highest BCUT2D eigenvalue weighted by Gasteiger charge is 2.22. The molecule has 100 valence electrons. The Morgan fingerprint density at radius 1 is 0.700 bits per heavy atom. The minimum atomic E-state index is -0.258. The standard InChI is InChI=1S/C14H8Br2N2O2/c15-7-1-3-9-11(5-7)17-14(20)10-4-2-8(16)6-12(10)18-13(9)19/h1-6H,(H,17,20)(H,18,19). The van der Waals surface area contributed by atoms with Gasteiger partial charge in [-0.25, -0.2) is 0 Å². The molecular weight excluding hydrogens is 388 g/mol. The Labute approximate surface area is 131 Å². The third kappa shape index (κ3) is 2.36. The molecule has 0 saturated carbocycles. The van der Waals surface area contributed by atoms with Crippen LogP contribution in [0.3, 0.4) is 0 Å². The molecule has 1 heterocycles. The van der Waals surface area contributed by atoms with E-state index < -0.39 is 0 Å². The number of anilines is 2. The van der Waals surface area contributed by atoms with E-state index in [1.165, 1.54) is 0 Å². The average Bonchev–Trinajstić information content (AvgIpc) is 2.37. The second-order valence-corrected chi connectivity index (χ2v) is 6.12. The van der Waals surface area contributed by atoms with Gasteiger partial charge in [0, 0.05) is 8.95 Å². The number of nitrogens with one attached hydrogen (secondary N) is 2. The van der Waals surface area contributed by atoms with Gasteiger partial charge in [0.25, 0.3) is 11.8 Å². The highest BCUT2D eigenvalue weighted by Crippen LogP contribution is 2.29. The van der Waals surface area contributed by atoms with Gasteiger partial charge in [0.1, 0.15) is 0 Å². The molecule has 3 rings (SSSR count). The predicted molar refractivity (Wildman–Crippen MR) is 84.2 cm³/mol. The fourth-order valence-corrected chi connectivity index (χ4v) is 2.74. The van der Waals surface area contributed by atoms with Crippen LogP contribution in [-0.4, -0.2) is 11.8 Å². The SMILES string of the molecule is O=C1Nc2cc(Br)ccc2C(=O)Nc2cc(Br)ccc21. The van der Waals surface area contributed by atoms with Crippen molar-refractivity contribution in [2.75, 3.05) is 10.6 Å². The molecule has 0 aromatic heterocycles. The van der Waals surface area contributed by atoms with Gasteiger partial charge in [-0.1, -0.05) is 31.9 Å². The number of carbonyl (C=O) groups is 2. The first kappa shape index (κ1) is 13.3. The van der Waals surface area contributed by atoms with Crippen molar-refractivity contribution >= 4 is 55.0 Å². The van der Waals surface area contributed by atoms with E-state index in [2.05, 4.69) is 42.5 Å². The molecule has 1 aliphatic rings. The van der Waals surface area contributed by atoms with Gasteiger partial charge < -0.3 is 10.6 Å². The van der Waals surface area contributed by atoms with Crippen LogP contribution >= 0.6 is 31.9 Å². The molecule has 2 aromatic rings. The third-order valence-corrected chi connectivity index (χ3v) is 3.94. The molecule has 0 atom stereocenters. The van der Waals surface area contributed by atoms with E-state index in [1.54, 1.807) is 36.4 Å². The van der Waals surface area contributed by atoms with E-state index in [0.29, 0.717) is 22.5 Å². The first-order valence-electron chi connectivity index (χ1n) is 5.76. The van der Waals surface area contributed by atoms with Crippen LogP contribution in [0.5, 0.6) is 0 Å². The lowest BCUT2D eigenvalue weighted by Crippen LogP contribution is -2.24. The second kappa shape index (κ2) is 5.03. The van der Waals surface area contributed by atoms with Gasteiger partial charge in [-0.15, -0.1) is 0 Å². The predicted octanol–water partition coefficient (Wildman–Crippen LogP) is 4.03. The van der Waals surface area contributed by atoms with Gasteiger partial charge in [-0.3, -0.25) is 9.59 Å². The summed E-state index contributed by atoms with van der Waals surface area (Å²) in [7, 11) is 0. The van der Waals surface area contributed by atoms with Crippen molar-refractivity contribution in [3.63, 3.8) is 0 Å². The zero-order valence-electron chi connectivity index (χ0n) is 10.0. The number of fused-ring (bicyclic) bond motifs is 2. The molecule has 2 N–H and O–H groups in total. The van der Waals surface area contributed by atoms with Gasteiger partial charge in [-0.05, 0) is 36.4 Å². The number of amides is 2. The van der Waals surface area contributed by atoms with Crippen LogP contribution in [0.15, 0.2) is 45.3 Å². The van der Waals surface area contributed by atoms with Crippen LogP contribution < -0.4 is 10.6 Å². The third-order valence-electron chi connectivity index (χ3n) is 2.95. The van der Waals surface area contributed by atoms with Crippen molar-refractivity contribution in [3.8, 4) is 0 Å². The van der Waals surface area contributed by atoms with Crippen LogP contribution in [0.1, 0.15) is 20.7 Å². The quantitative estimate of drug-likeness (QED) is 0.707. The minimum absolute atomic E-state index is 0.258. The molecule has 1 aliphatic heterocycles. The molecule has 0 radical (unpaired) electrons. The highest BCUT2D eigenvalue weighted by molar-refractivity contribution is 9.10. The molecule has 0 saturated heterocycles. The molecule has 6 heteroatoms. The summed E-state index contributed by atoms with van der Waals surface area (Å²) in [6.07, 6.45) is 0. The Hall–Kier alpha value is -1.66. The Kier molecular flexibility index (Phi) is 3.35. The van der Waals surface area contributed by atoms with E-state index in [1.807, 2.05) is 0 Å². The number of rotatable bonds is 0. The van der Waals surface area contributed by atoms with Crippen molar-refractivity contribution < 1.29 is 9.59 Å². The lowest BCUT2D eigenvalue weighted by Gasteiger charge is -2.18. The Morgan fingerprint density at radius 3 is 1.50 bits per heavy atom. The highest BCUT2D eigenvalue weighted by atomic mass is 79.9. The van der Waals surface area contributed by atoms with Gasteiger partial charge in [0.15, 0.2) is 0 Å². The molecule has 0 fully saturated rings. The van der Waals surface area contributed by atoms with Crippen molar-refractivity contribution in [1.82, 2.24) is 0 Å². The fourth-order valence-electron chi connectivity index (χ4n) is 2.02. The second-order valence-electron chi connectivity index (χ2n) is 4.29. The van der Waals surface area contributed by atoms with E-state index in [-0.39, 0.29) is 11.8 Å². The maximum atomic E-state index is 12.3. The first-order chi connectivity index (χ1) is 9.54. The van der Waals surface area contributed by atoms with Crippen molar-refractivity contribution in [2.24, 2.45) is 0 Å². The molecule has 0 bridgehead atoms. The smallest absolute Gasteiger partial charge is 0.257 e. The molecule has 4 nitrogen and oxygen atoms in total. The summed E-state index contributed by atoms with van der Waals surface area (Å²) in [5, 5.41) is 5.53. The lowest BCUT2D eigenvalue weighted by atomic mass is 10.1. The summed E-state index contributed by atoms with van der Waals surface area (Å²) in [4.78, 5) is 24.5. The van der Waals surface area contributed by atoms with Crippen LogP contribution in [0.4, 0.5) is 11.4 Å². The van der Waals surface area contributed by atoms with Crippen LogP contribution in [0, 0.1) is 0 Å². The summed E-state index contributed by atoms with van der Waals surface area (Å²) < 4.78 is 1.59. The lowest BCUT2D eigenvalue weighted by molar-refractivity contribution is 0.102. The Bertz CT molecular complexity index is 680. The van der Waals surface area contributed by atoms with Crippen LogP contribution in [-0.2, 0) is 0 Å². The summed E-state index contributed by atoms with van der Waals surface area (Å²) in [6, 6.07) is 10.3. The van der Waals surface area contributed by atoms with Crippen LogP contribution in [0.25, 0.3) is 0 Å². The average molecular weight is 396 g/mol. The largest absolute Gasteiger partial charge is 0.321 e. The zero-order valence-corrected chi connectivity index (χ0v) is 13.2. The maximum absolute atomic E-state index is 12.3. The van der Waals surface area contributed by atoms with E-state index in [0.717, 1.165) is 8.95 Å². The van der Waals surface area contributed by atoms with E-state index >= 15 is 0 Å². The fraction of sp³-hybridized carbons (Fsp3) is 0. The summed E-state index contributed by atoms with van der Waals surface area (Å²) in [5.74, 6) is -0.515. The summed E-state index contributed by atoms with van der Waals surface area (Å²) in [5.41, 5.74) is 1.81. The summed E-state index contributed by atoms with van der Waals surface area (Å²) >= 11 is 6.65. The Balaban J connectivity index is 2.15. The van der Waals surface area contributed by atoms with Crippen molar-refractivity contribution in [1.29, 1.82) is 0 Å². The molecule has 2 amide bonds. The van der Waals surface area contributed by atoms with Gasteiger partial charge in [0.2, 0.25) is 0 Å². The van der Waals surface area contributed by atoms with E-state index in [4.69, 9.17) is 0 Å². The van der Waals surface area contributed by atoms with Crippen molar-refractivity contribution in [2.45, 2.75) is 0 Å². The molecule has 0 aliphatic carbocycles. The molecule has 20 heavy (non-hydrogen) atoms. The van der Waals surface area contributed by atoms with Crippen molar-refractivity contribution in [3.05, 3.63) is 56.5 Å². The van der Waals surface area contributed by atoms with Gasteiger partial charge in [0.05, 0.1) is 22.5 Å². The topological polar surface area (TPSA) is 58.2 Å². The number of halogens is 2. The van der Waals surface area contributed by atoms with Gasteiger partial charge in [-0.2, -0.15) is 0 Å². The Morgan fingerprint density at radius 2 is 1.10 bits per heavy atom. The maximum Gasteiger partial charge on any atom is 0.257 e. The first-order valence-corrected chi connectivity index (χ1v) is 7.35. The van der Waals surface area contributed by atoms with Crippen LogP contribution in [0.2, 0.25) is 0 Å². The molecular formula is C14H8Br2N2O2. The number of carbonyl (C=O) groups excluding carboxylic acids is 2. The zero-order chi connectivity index (χ0) is 14.3. The molecule has 0 spiro atoms. The summed E-state index contributed by atoms with van der Waals surface area (Å²) in [6.45, 7) is 0. The molecule has 2 aromatic carbocycles. The molecule has 0 unspecified atom stereocenters. The van der Waals surface area contributed by atoms with E-state index in [9.17, 15) is 9.59 Å². The number of benzene rings is 2. The monoisotopic (exact) mass is 394 g/mol. The van der Waals surface area contributed by atoms with Gasteiger partial charge >= 0.3 is 0 Å².